The first-order valence-corrected chi connectivity index (χ1v) is 11.6. The molecular formula is C26H25Cl2N3O3. The summed E-state index contributed by atoms with van der Waals surface area (Å²) in [6.45, 7) is 7.00. The van der Waals surface area contributed by atoms with Gasteiger partial charge in [-0.2, -0.15) is 5.10 Å². The number of anilines is 1. The van der Waals surface area contributed by atoms with Crippen LogP contribution in [0.25, 0.3) is 0 Å². The summed E-state index contributed by atoms with van der Waals surface area (Å²) in [5.74, 6) is 1.94. The molecular weight excluding hydrogens is 473 g/mol. The van der Waals surface area contributed by atoms with E-state index in [1.165, 1.54) is 0 Å². The molecule has 0 spiro atoms. The highest BCUT2D eigenvalue weighted by Crippen LogP contribution is 2.28. The Morgan fingerprint density at radius 2 is 1.91 bits per heavy atom. The Hall–Kier alpha value is -3.22. The molecule has 0 aliphatic heterocycles. The summed E-state index contributed by atoms with van der Waals surface area (Å²) in [6, 6.07) is 16.7. The van der Waals surface area contributed by atoms with Gasteiger partial charge in [-0.05, 0) is 59.9 Å². The van der Waals surface area contributed by atoms with E-state index in [9.17, 15) is 4.79 Å². The number of furan rings is 1. The number of carbonyl (C=O) groups excluding carboxylic acids is 1. The van der Waals surface area contributed by atoms with Crippen molar-refractivity contribution >= 4 is 34.9 Å². The van der Waals surface area contributed by atoms with Gasteiger partial charge in [0, 0.05) is 12.3 Å². The summed E-state index contributed by atoms with van der Waals surface area (Å²) in [4.78, 5) is 12.6. The number of aromatic nitrogens is 2. The average molecular weight is 498 g/mol. The number of nitrogens with one attached hydrogen (secondary N) is 1. The lowest BCUT2D eigenvalue weighted by Crippen LogP contribution is -2.12. The molecule has 2 aromatic carbocycles. The molecule has 0 unspecified atom stereocenters. The molecule has 4 rings (SSSR count). The van der Waals surface area contributed by atoms with Crippen molar-refractivity contribution in [2.75, 3.05) is 5.32 Å². The number of nitrogens with zero attached hydrogens (tertiary/aromatic N) is 2. The third-order valence-electron chi connectivity index (χ3n) is 5.26. The molecule has 0 fully saturated rings. The summed E-state index contributed by atoms with van der Waals surface area (Å²) in [5.41, 5.74) is 3.20. The Morgan fingerprint density at radius 1 is 1.09 bits per heavy atom. The van der Waals surface area contributed by atoms with Crippen molar-refractivity contribution in [3.05, 3.63) is 99.1 Å². The number of halogens is 2. The minimum Gasteiger partial charge on any atom is -0.485 e. The molecule has 176 valence electrons. The lowest BCUT2D eigenvalue weighted by atomic mass is 10.0. The quantitative estimate of drug-likeness (QED) is 0.282. The molecule has 6 nitrogen and oxygen atoms in total. The molecule has 1 N–H and O–H groups in total. The van der Waals surface area contributed by atoms with E-state index in [2.05, 4.69) is 36.4 Å². The second-order valence-electron chi connectivity index (χ2n) is 8.35. The van der Waals surface area contributed by atoms with Gasteiger partial charge in [-0.15, -0.1) is 0 Å². The Bertz CT molecular complexity index is 1310. The monoisotopic (exact) mass is 497 g/mol. The van der Waals surface area contributed by atoms with E-state index < -0.39 is 0 Å². The highest BCUT2D eigenvalue weighted by molar-refractivity contribution is 6.42. The van der Waals surface area contributed by atoms with E-state index in [-0.39, 0.29) is 18.3 Å². The van der Waals surface area contributed by atoms with Crippen LogP contribution < -0.4 is 10.1 Å². The fraction of sp³-hybridized carbons (Fsp3) is 0.231. The van der Waals surface area contributed by atoms with Crippen molar-refractivity contribution < 1.29 is 13.9 Å². The van der Waals surface area contributed by atoms with Gasteiger partial charge in [0.05, 0.1) is 16.6 Å². The van der Waals surface area contributed by atoms with Gasteiger partial charge < -0.3 is 14.5 Å². The lowest BCUT2D eigenvalue weighted by Gasteiger charge is -2.14. The SMILES string of the molecule is Cc1ccc(C(C)C)c(OCc2ccc(C(=O)Nc3ccn(Cc4ccc(Cl)c(Cl)c4)n3)o2)c1. The zero-order chi connectivity index (χ0) is 24.2. The van der Waals surface area contributed by atoms with Gasteiger partial charge >= 0.3 is 0 Å². The van der Waals surface area contributed by atoms with Crippen LogP contribution in [0, 0.1) is 6.92 Å². The van der Waals surface area contributed by atoms with Crippen LogP contribution in [0.5, 0.6) is 5.75 Å². The number of hydrogen-bond donors (Lipinski definition) is 1. The molecule has 0 aliphatic rings. The van der Waals surface area contributed by atoms with Crippen LogP contribution in [0.4, 0.5) is 5.82 Å². The number of ether oxygens (including phenoxy) is 1. The van der Waals surface area contributed by atoms with Gasteiger partial charge in [0.25, 0.3) is 5.91 Å². The van der Waals surface area contributed by atoms with Crippen molar-refractivity contribution in [2.24, 2.45) is 0 Å². The predicted molar refractivity (Wildman–Crippen MR) is 134 cm³/mol. The molecule has 2 aromatic heterocycles. The van der Waals surface area contributed by atoms with Crippen LogP contribution in [0.15, 0.2) is 65.2 Å². The van der Waals surface area contributed by atoms with E-state index in [0.717, 1.165) is 22.4 Å². The minimum absolute atomic E-state index is 0.186. The van der Waals surface area contributed by atoms with Crippen LogP contribution in [0.1, 0.15) is 52.8 Å². The van der Waals surface area contributed by atoms with Crippen LogP contribution >= 0.6 is 23.2 Å². The lowest BCUT2D eigenvalue weighted by molar-refractivity contribution is 0.0992. The molecule has 0 aliphatic carbocycles. The van der Waals surface area contributed by atoms with Crippen LogP contribution in [-0.2, 0) is 13.2 Å². The number of rotatable bonds is 8. The van der Waals surface area contributed by atoms with Crippen LogP contribution in [0.3, 0.4) is 0 Å². The number of benzene rings is 2. The predicted octanol–water partition coefficient (Wildman–Crippen LogP) is 7.09. The maximum Gasteiger partial charge on any atom is 0.292 e. The first-order chi connectivity index (χ1) is 16.3. The van der Waals surface area contributed by atoms with Gasteiger partial charge in [-0.1, -0.05) is 55.2 Å². The van der Waals surface area contributed by atoms with E-state index in [1.54, 1.807) is 41.2 Å². The first-order valence-electron chi connectivity index (χ1n) is 10.9. The normalized spacial score (nSPS) is 11.1. The Kier molecular flexibility index (Phi) is 7.29. The van der Waals surface area contributed by atoms with Gasteiger partial charge in [0.2, 0.25) is 0 Å². The van der Waals surface area contributed by atoms with Crippen LogP contribution in [0.2, 0.25) is 10.0 Å². The molecule has 1 amide bonds. The summed E-state index contributed by atoms with van der Waals surface area (Å²) in [7, 11) is 0. The van der Waals surface area contributed by atoms with Gasteiger partial charge in [-0.3, -0.25) is 9.48 Å². The third kappa shape index (κ3) is 5.82. The molecule has 0 radical (unpaired) electrons. The minimum atomic E-state index is -0.385. The van der Waals surface area contributed by atoms with E-state index in [1.807, 2.05) is 19.1 Å². The Labute approximate surface area is 208 Å². The maximum atomic E-state index is 12.6. The fourth-order valence-corrected chi connectivity index (χ4v) is 3.81. The van der Waals surface area contributed by atoms with Crippen molar-refractivity contribution in [3.63, 3.8) is 0 Å². The molecule has 8 heteroatoms. The van der Waals surface area contributed by atoms with Gasteiger partial charge in [0.1, 0.15) is 18.1 Å². The number of hydrogen-bond acceptors (Lipinski definition) is 4. The molecule has 4 aromatic rings. The molecule has 0 atom stereocenters. The summed E-state index contributed by atoms with van der Waals surface area (Å²) >= 11 is 12.0. The second kappa shape index (κ2) is 10.4. The van der Waals surface area contributed by atoms with E-state index in [4.69, 9.17) is 32.4 Å². The molecule has 2 heterocycles. The van der Waals surface area contributed by atoms with Crippen molar-refractivity contribution in [3.8, 4) is 5.75 Å². The second-order valence-corrected chi connectivity index (χ2v) is 9.17. The van der Waals surface area contributed by atoms with Crippen LogP contribution in [-0.4, -0.2) is 15.7 Å². The molecule has 0 bridgehead atoms. The zero-order valence-corrected chi connectivity index (χ0v) is 20.7. The molecule has 0 saturated carbocycles. The Morgan fingerprint density at radius 3 is 2.68 bits per heavy atom. The fourth-order valence-electron chi connectivity index (χ4n) is 3.49. The standard InChI is InChI=1S/C26H25Cl2N3O3/c1-16(2)20-7-4-17(3)12-24(20)33-15-19-6-9-23(34-19)26(32)29-25-10-11-31(30-25)14-18-5-8-21(27)22(28)13-18/h4-13,16H,14-15H2,1-3H3,(H,29,30,32). The van der Waals surface area contributed by atoms with E-state index in [0.29, 0.717) is 34.1 Å². The van der Waals surface area contributed by atoms with Gasteiger partial charge in [-0.25, -0.2) is 0 Å². The number of carbonyl (C=O) groups is 1. The third-order valence-corrected chi connectivity index (χ3v) is 6.00. The highest BCUT2D eigenvalue weighted by atomic mass is 35.5. The highest BCUT2D eigenvalue weighted by Gasteiger charge is 2.15. The molecule has 34 heavy (non-hydrogen) atoms. The Balaban J connectivity index is 1.36. The van der Waals surface area contributed by atoms with Gasteiger partial charge in [0.15, 0.2) is 11.6 Å². The average Bonchev–Trinajstić information content (AvgIpc) is 3.44. The van der Waals surface area contributed by atoms with Crippen molar-refractivity contribution in [1.29, 1.82) is 0 Å². The topological polar surface area (TPSA) is 69.3 Å². The van der Waals surface area contributed by atoms with Crippen molar-refractivity contribution in [1.82, 2.24) is 9.78 Å². The largest absolute Gasteiger partial charge is 0.485 e. The summed E-state index contributed by atoms with van der Waals surface area (Å²) < 4.78 is 13.4. The molecule has 0 saturated heterocycles. The number of aryl methyl sites for hydroxylation is 1. The first kappa shape index (κ1) is 23.9. The maximum absolute atomic E-state index is 12.6. The zero-order valence-electron chi connectivity index (χ0n) is 19.1. The van der Waals surface area contributed by atoms with Crippen molar-refractivity contribution in [2.45, 2.75) is 39.8 Å². The smallest absolute Gasteiger partial charge is 0.292 e. The summed E-state index contributed by atoms with van der Waals surface area (Å²) in [5, 5.41) is 8.12. The van der Waals surface area contributed by atoms with E-state index >= 15 is 0 Å². The summed E-state index contributed by atoms with van der Waals surface area (Å²) in [6.07, 6.45) is 1.77. The number of amides is 1.